The first-order chi connectivity index (χ1) is 13.7. The third kappa shape index (κ3) is 4.43. The molecular formula is C18H18ClFN6O3. The summed E-state index contributed by atoms with van der Waals surface area (Å²) in [5.74, 6) is -0.523. The van der Waals surface area contributed by atoms with Crippen LogP contribution in [0.15, 0.2) is 24.3 Å². The molecule has 29 heavy (non-hydrogen) atoms. The van der Waals surface area contributed by atoms with Crippen LogP contribution < -0.4 is 5.32 Å². The molecule has 0 radical (unpaired) electrons. The van der Waals surface area contributed by atoms with Gasteiger partial charge in [-0.05, 0) is 38.5 Å². The van der Waals surface area contributed by atoms with Crippen molar-refractivity contribution >= 4 is 29.0 Å². The summed E-state index contributed by atoms with van der Waals surface area (Å²) in [6.45, 7) is 4.99. The number of aryl methyl sites for hydroxylation is 2. The summed E-state index contributed by atoms with van der Waals surface area (Å²) >= 11 is 6.06. The molecule has 0 saturated heterocycles. The first-order valence-corrected chi connectivity index (χ1v) is 9.00. The molecule has 1 N–H and O–H groups in total. The predicted molar refractivity (Wildman–Crippen MR) is 104 cm³/mol. The van der Waals surface area contributed by atoms with Crippen molar-refractivity contribution in [2.45, 2.75) is 33.9 Å². The Kier molecular flexibility index (Phi) is 5.64. The van der Waals surface area contributed by atoms with Crippen molar-refractivity contribution in [3.63, 3.8) is 0 Å². The van der Waals surface area contributed by atoms with Crippen molar-refractivity contribution in [3.05, 3.63) is 67.9 Å². The van der Waals surface area contributed by atoms with Crippen molar-refractivity contribution in [2.24, 2.45) is 0 Å². The summed E-state index contributed by atoms with van der Waals surface area (Å²) in [6.07, 6.45) is 0. The van der Waals surface area contributed by atoms with E-state index < -0.39 is 16.6 Å². The smallest absolute Gasteiger partial charge is 0.308 e. The van der Waals surface area contributed by atoms with E-state index >= 15 is 0 Å². The van der Waals surface area contributed by atoms with Gasteiger partial charge in [0.25, 0.3) is 0 Å². The van der Waals surface area contributed by atoms with E-state index in [1.807, 2.05) is 6.92 Å². The van der Waals surface area contributed by atoms with E-state index in [1.54, 1.807) is 16.8 Å². The van der Waals surface area contributed by atoms with Gasteiger partial charge < -0.3 is 5.32 Å². The van der Waals surface area contributed by atoms with E-state index in [0.717, 1.165) is 5.69 Å². The third-order valence-electron chi connectivity index (χ3n) is 4.40. The Morgan fingerprint density at radius 2 is 1.97 bits per heavy atom. The highest BCUT2D eigenvalue weighted by atomic mass is 35.5. The lowest BCUT2D eigenvalue weighted by Crippen LogP contribution is -2.20. The van der Waals surface area contributed by atoms with Crippen LogP contribution in [0.3, 0.4) is 0 Å². The van der Waals surface area contributed by atoms with Gasteiger partial charge in [-0.1, -0.05) is 17.7 Å². The van der Waals surface area contributed by atoms with Gasteiger partial charge in [-0.25, -0.2) is 4.39 Å². The van der Waals surface area contributed by atoms with Gasteiger partial charge in [0.2, 0.25) is 5.91 Å². The second-order valence-corrected chi connectivity index (χ2v) is 6.95. The average molecular weight is 421 g/mol. The molecule has 9 nitrogen and oxygen atoms in total. The molecule has 3 aromatic rings. The van der Waals surface area contributed by atoms with Gasteiger partial charge in [0.15, 0.2) is 5.82 Å². The van der Waals surface area contributed by atoms with Crippen LogP contribution in [-0.2, 0) is 17.9 Å². The molecule has 0 fully saturated rings. The molecule has 2 heterocycles. The van der Waals surface area contributed by atoms with Gasteiger partial charge in [0.1, 0.15) is 23.7 Å². The quantitative estimate of drug-likeness (QED) is 0.485. The molecule has 1 amide bonds. The molecule has 3 rings (SSSR count). The zero-order valence-electron chi connectivity index (χ0n) is 15.9. The van der Waals surface area contributed by atoms with E-state index in [1.165, 1.54) is 30.7 Å². The van der Waals surface area contributed by atoms with Gasteiger partial charge in [-0.15, -0.1) is 0 Å². The number of nitrogens with zero attached hydrogens (tertiary/aromatic N) is 5. The van der Waals surface area contributed by atoms with Gasteiger partial charge >= 0.3 is 5.69 Å². The van der Waals surface area contributed by atoms with Crippen LogP contribution in [0.2, 0.25) is 5.02 Å². The van der Waals surface area contributed by atoms with E-state index in [2.05, 4.69) is 15.5 Å². The molecule has 0 aliphatic heterocycles. The summed E-state index contributed by atoms with van der Waals surface area (Å²) in [4.78, 5) is 22.9. The number of rotatable bonds is 6. The van der Waals surface area contributed by atoms with Crippen LogP contribution >= 0.6 is 11.6 Å². The molecule has 0 aliphatic carbocycles. The Balaban J connectivity index is 1.71. The Morgan fingerprint density at radius 1 is 1.24 bits per heavy atom. The van der Waals surface area contributed by atoms with E-state index in [-0.39, 0.29) is 22.9 Å². The maximum absolute atomic E-state index is 13.2. The van der Waals surface area contributed by atoms with Gasteiger partial charge in [-0.2, -0.15) is 10.2 Å². The number of anilines is 1. The zero-order chi connectivity index (χ0) is 21.3. The standard InChI is InChI=1S/C18H18ClFN6O3/c1-10-6-16(23-24(10)8-13-4-5-14(20)7-15(13)19)21-17(27)9-25-12(3)18(26(28)29)11(2)22-25/h4-7H,8-9H2,1-3H3,(H,21,23,27). The monoisotopic (exact) mass is 420 g/mol. The first kappa shape index (κ1) is 20.5. The van der Waals surface area contributed by atoms with Crippen LogP contribution in [-0.4, -0.2) is 30.4 Å². The number of nitro groups is 1. The normalized spacial score (nSPS) is 10.9. The van der Waals surface area contributed by atoms with Crippen molar-refractivity contribution in [1.29, 1.82) is 0 Å². The van der Waals surface area contributed by atoms with Crippen molar-refractivity contribution in [2.75, 3.05) is 5.32 Å². The molecule has 11 heteroatoms. The van der Waals surface area contributed by atoms with Gasteiger partial charge in [0, 0.05) is 16.8 Å². The number of hydrogen-bond donors (Lipinski definition) is 1. The summed E-state index contributed by atoms with van der Waals surface area (Å²) in [7, 11) is 0. The number of halogens is 2. The second kappa shape index (κ2) is 8.00. The number of aromatic nitrogens is 4. The van der Waals surface area contributed by atoms with Crippen molar-refractivity contribution < 1.29 is 14.1 Å². The molecule has 152 valence electrons. The second-order valence-electron chi connectivity index (χ2n) is 6.55. The van der Waals surface area contributed by atoms with Crippen LogP contribution in [0, 0.1) is 36.7 Å². The molecule has 0 atom stereocenters. The van der Waals surface area contributed by atoms with Crippen LogP contribution in [0.5, 0.6) is 0 Å². The fourth-order valence-corrected chi connectivity index (χ4v) is 3.19. The highest BCUT2D eigenvalue weighted by Crippen LogP contribution is 2.22. The molecule has 1 aromatic carbocycles. The fourth-order valence-electron chi connectivity index (χ4n) is 2.97. The SMILES string of the molecule is Cc1nn(CC(=O)Nc2cc(C)n(Cc3ccc(F)cc3Cl)n2)c(C)c1[N+](=O)[O-]. The molecule has 0 aliphatic rings. The topological polar surface area (TPSA) is 108 Å². The third-order valence-corrected chi connectivity index (χ3v) is 4.75. The highest BCUT2D eigenvalue weighted by molar-refractivity contribution is 6.31. The molecule has 0 unspecified atom stereocenters. The zero-order valence-corrected chi connectivity index (χ0v) is 16.7. The highest BCUT2D eigenvalue weighted by Gasteiger charge is 2.23. The summed E-state index contributed by atoms with van der Waals surface area (Å²) in [5.41, 5.74) is 1.90. The first-order valence-electron chi connectivity index (χ1n) is 8.62. The number of nitrogens with one attached hydrogen (secondary N) is 1. The minimum Gasteiger partial charge on any atom is -0.308 e. The lowest BCUT2D eigenvalue weighted by Gasteiger charge is -2.07. The summed E-state index contributed by atoms with van der Waals surface area (Å²) < 4.78 is 16.1. The van der Waals surface area contributed by atoms with E-state index in [0.29, 0.717) is 23.6 Å². The lowest BCUT2D eigenvalue weighted by atomic mass is 10.2. The minimum atomic E-state index is -0.516. The van der Waals surface area contributed by atoms with Crippen LogP contribution in [0.25, 0.3) is 0 Å². The number of carbonyl (C=O) groups excluding carboxylic acids is 1. The molecule has 0 spiro atoms. The van der Waals surface area contributed by atoms with E-state index in [4.69, 9.17) is 11.6 Å². The minimum absolute atomic E-state index is 0.103. The Hall–Kier alpha value is -3.27. The fraction of sp³-hybridized carbons (Fsp3) is 0.278. The average Bonchev–Trinajstić information content (AvgIpc) is 3.09. The summed E-state index contributed by atoms with van der Waals surface area (Å²) in [6, 6.07) is 5.80. The summed E-state index contributed by atoms with van der Waals surface area (Å²) in [5, 5.41) is 22.4. The van der Waals surface area contributed by atoms with Crippen LogP contribution in [0.1, 0.15) is 22.6 Å². The predicted octanol–water partition coefficient (Wildman–Crippen LogP) is 3.39. The number of benzene rings is 1. The largest absolute Gasteiger partial charge is 0.312 e. The molecule has 0 saturated carbocycles. The maximum Gasteiger partial charge on any atom is 0.312 e. The van der Waals surface area contributed by atoms with Crippen LogP contribution in [0.4, 0.5) is 15.9 Å². The lowest BCUT2D eigenvalue weighted by molar-refractivity contribution is -0.386. The number of hydrogen-bond acceptors (Lipinski definition) is 5. The molecular weight excluding hydrogens is 403 g/mol. The Morgan fingerprint density at radius 3 is 2.59 bits per heavy atom. The number of amides is 1. The number of carbonyl (C=O) groups is 1. The van der Waals surface area contributed by atoms with Crippen molar-refractivity contribution in [1.82, 2.24) is 19.6 Å². The van der Waals surface area contributed by atoms with E-state index in [9.17, 15) is 19.3 Å². The van der Waals surface area contributed by atoms with Gasteiger partial charge in [-0.3, -0.25) is 24.3 Å². The Bertz CT molecular complexity index is 1110. The maximum atomic E-state index is 13.2. The Labute approximate surface area is 170 Å². The molecule has 0 bridgehead atoms. The molecule has 2 aromatic heterocycles. The van der Waals surface area contributed by atoms with Gasteiger partial charge in [0.05, 0.1) is 11.5 Å². The van der Waals surface area contributed by atoms with Crippen molar-refractivity contribution in [3.8, 4) is 0 Å².